The van der Waals surface area contributed by atoms with E-state index < -0.39 is 0 Å². The number of amides is 2. The minimum atomic E-state index is -0.304. The van der Waals surface area contributed by atoms with Gasteiger partial charge in [-0.15, -0.1) is 0 Å². The Kier molecular flexibility index (Phi) is 2.48. The molecule has 1 heterocycles. The first-order valence-corrected chi connectivity index (χ1v) is 4.92. The molecule has 16 heavy (non-hydrogen) atoms. The highest BCUT2D eigenvalue weighted by Crippen LogP contribution is 2.16. The number of nitrogens with one attached hydrogen (secondary N) is 1. The lowest BCUT2D eigenvalue weighted by Gasteiger charge is -2.15. The number of rotatable bonds is 2. The summed E-state index contributed by atoms with van der Waals surface area (Å²) in [7, 11) is 3.91. The first-order valence-electron chi connectivity index (χ1n) is 4.92. The number of imide groups is 1. The summed E-state index contributed by atoms with van der Waals surface area (Å²) in [5.41, 5.74) is 2.15. The third kappa shape index (κ3) is 1.82. The fourth-order valence-electron chi connectivity index (χ4n) is 1.44. The Balaban J connectivity index is 2.23. The average molecular weight is 216 g/mol. The molecule has 0 aromatic heterocycles. The van der Waals surface area contributed by atoms with Gasteiger partial charge in [0.2, 0.25) is 0 Å². The first-order chi connectivity index (χ1) is 7.58. The maximum Gasteiger partial charge on any atom is 0.263 e. The van der Waals surface area contributed by atoms with Crippen LogP contribution in [0.25, 0.3) is 6.08 Å². The molecule has 1 aliphatic rings. The van der Waals surface area contributed by atoms with Crippen LogP contribution in [-0.4, -0.2) is 25.9 Å². The van der Waals surface area contributed by atoms with Gasteiger partial charge < -0.3 is 4.90 Å². The van der Waals surface area contributed by atoms with Gasteiger partial charge in [0.15, 0.2) is 0 Å². The van der Waals surface area contributed by atoms with Crippen molar-refractivity contribution in [3.8, 4) is 0 Å². The predicted octanol–water partition coefficient (Wildman–Crippen LogP) is 0.792. The lowest BCUT2D eigenvalue weighted by Crippen LogP contribution is -2.47. The average Bonchev–Trinajstić information content (AvgIpc) is 2.27. The van der Waals surface area contributed by atoms with Crippen LogP contribution in [0.1, 0.15) is 5.56 Å². The van der Waals surface area contributed by atoms with Gasteiger partial charge in [-0.1, -0.05) is 12.1 Å². The van der Waals surface area contributed by atoms with E-state index in [0.29, 0.717) is 0 Å². The largest absolute Gasteiger partial charge is 0.378 e. The second kappa shape index (κ2) is 3.81. The molecule has 1 fully saturated rings. The van der Waals surface area contributed by atoms with Crippen LogP contribution in [0.5, 0.6) is 0 Å². The molecule has 2 amide bonds. The van der Waals surface area contributed by atoms with Crippen molar-refractivity contribution in [1.82, 2.24) is 5.32 Å². The summed E-state index contributed by atoms with van der Waals surface area (Å²) in [6, 6.07) is 7.63. The van der Waals surface area contributed by atoms with Gasteiger partial charge in [-0.25, -0.2) is 0 Å². The first kappa shape index (κ1) is 10.4. The van der Waals surface area contributed by atoms with E-state index >= 15 is 0 Å². The molecular weight excluding hydrogens is 204 g/mol. The summed E-state index contributed by atoms with van der Waals surface area (Å²) in [4.78, 5) is 24.0. The van der Waals surface area contributed by atoms with Gasteiger partial charge in [0.05, 0.1) is 0 Å². The molecule has 1 aromatic rings. The molecule has 4 heteroatoms. The zero-order valence-corrected chi connectivity index (χ0v) is 9.15. The Labute approximate surface area is 93.6 Å². The molecule has 0 radical (unpaired) electrons. The van der Waals surface area contributed by atoms with Crippen LogP contribution in [0.3, 0.4) is 0 Å². The van der Waals surface area contributed by atoms with E-state index in [2.05, 4.69) is 5.32 Å². The maximum absolute atomic E-state index is 11.0. The van der Waals surface area contributed by atoms with E-state index in [4.69, 9.17) is 0 Å². The second-order valence-electron chi connectivity index (χ2n) is 3.83. The molecule has 0 saturated carbocycles. The van der Waals surface area contributed by atoms with Crippen LogP contribution in [0.4, 0.5) is 5.69 Å². The summed E-state index contributed by atoms with van der Waals surface area (Å²) >= 11 is 0. The molecule has 1 N–H and O–H groups in total. The zero-order valence-electron chi connectivity index (χ0n) is 9.15. The number of nitrogens with zero attached hydrogens (tertiary/aromatic N) is 1. The number of hydrogen-bond donors (Lipinski definition) is 1. The van der Waals surface area contributed by atoms with Gasteiger partial charge >= 0.3 is 0 Å². The standard InChI is InChI=1S/C12H12N2O2/c1-14(2)9-5-3-8(4-6-9)7-10-11(15)13-12(10)16/h3-7H,1-2H3,(H,13,15,16). The van der Waals surface area contributed by atoms with E-state index in [1.807, 2.05) is 43.3 Å². The fourth-order valence-corrected chi connectivity index (χ4v) is 1.44. The van der Waals surface area contributed by atoms with Crippen LogP contribution < -0.4 is 10.2 Å². The topological polar surface area (TPSA) is 49.4 Å². The third-order valence-electron chi connectivity index (χ3n) is 2.44. The van der Waals surface area contributed by atoms with Crippen molar-refractivity contribution in [2.75, 3.05) is 19.0 Å². The van der Waals surface area contributed by atoms with Crippen LogP contribution in [-0.2, 0) is 9.59 Å². The molecule has 82 valence electrons. The number of carbonyl (C=O) groups is 2. The summed E-state index contributed by atoms with van der Waals surface area (Å²) in [6.45, 7) is 0. The van der Waals surface area contributed by atoms with E-state index in [0.717, 1.165) is 11.3 Å². The smallest absolute Gasteiger partial charge is 0.263 e. The van der Waals surface area contributed by atoms with Crippen molar-refractivity contribution >= 4 is 23.6 Å². The van der Waals surface area contributed by atoms with Crippen molar-refractivity contribution in [2.45, 2.75) is 0 Å². The van der Waals surface area contributed by atoms with Gasteiger partial charge in [0.25, 0.3) is 11.8 Å². The molecule has 0 bridgehead atoms. The Morgan fingerprint density at radius 2 is 1.62 bits per heavy atom. The maximum atomic E-state index is 11.0. The number of β-lactam (4-membered cyclic amide) rings is 2. The highest BCUT2D eigenvalue weighted by Gasteiger charge is 2.30. The SMILES string of the molecule is CN(C)c1ccc(C=C2C(=O)NC2=O)cc1. The van der Waals surface area contributed by atoms with Crippen molar-refractivity contribution in [1.29, 1.82) is 0 Å². The highest BCUT2D eigenvalue weighted by molar-refractivity contribution is 6.36. The van der Waals surface area contributed by atoms with Gasteiger partial charge in [-0.3, -0.25) is 14.9 Å². The lowest BCUT2D eigenvalue weighted by atomic mass is 10.0. The normalized spacial score (nSPS) is 14.2. The minimum absolute atomic E-state index is 0.220. The number of hydrogen-bond acceptors (Lipinski definition) is 3. The monoisotopic (exact) mass is 216 g/mol. The number of anilines is 1. The number of carbonyl (C=O) groups excluding carboxylic acids is 2. The Bertz CT molecular complexity index is 456. The predicted molar refractivity (Wildman–Crippen MR) is 61.9 cm³/mol. The fraction of sp³-hybridized carbons (Fsp3) is 0.167. The Morgan fingerprint density at radius 1 is 1.06 bits per heavy atom. The summed E-state index contributed by atoms with van der Waals surface area (Å²) in [5.74, 6) is -0.608. The molecule has 1 saturated heterocycles. The van der Waals surface area contributed by atoms with Crippen molar-refractivity contribution in [3.63, 3.8) is 0 Å². The van der Waals surface area contributed by atoms with Crippen molar-refractivity contribution < 1.29 is 9.59 Å². The highest BCUT2D eigenvalue weighted by atomic mass is 16.2. The molecule has 0 unspecified atom stereocenters. The molecule has 1 aromatic carbocycles. The quantitative estimate of drug-likeness (QED) is 0.452. The van der Waals surface area contributed by atoms with Crippen molar-refractivity contribution in [3.05, 3.63) is 35.4 Å². The Hall–Kier alpha value is -2.10. The molecule has 2 rings (SSSR count). The van der Waals surface area contributed by atoms with E-state index in [1.165, 1.54) is 0 Å². The third-order valence-corrected chi connectivity index (χ3v) is 2.44. The molecule has 1 aliphatic heterocycles. The van der Waals surface area contributed by atoms with Gasteiger partial charge in [0.1, 0.15) is 5.57 Å². The second-order valence-corrected chi connectivity index (χ2v) is 3.83. The van der Waals surface area contributed by atoms with Gasteiger partial charge in [-0.2, -0.15) is 0 Å². The van der Waals surface area contributed by atoms with Crippen molar-refractivity contribution in [2.24, 2.45) is 0 Å². The number of benzene rings is 1. The molecule has 0 aliphatic carbocycles. The van der Waals surface area contributed by atoms with E-state index in [9.17, 15) is 9.59 Å². The van der Waals surface area contributed by atoms with Crippen LogP contribution in [0.2, 0.25) is 0 Å². The van der Waals surface area contributed by atoms with Gasteiger partial charge in [0, 0.05) is 19.8 Å². The molecule has 4 nitrogen and oxygen atoms in total. The van der Waals surface area contributed by atoms with Crippen LogP contribution >= 0.6 is 0 Å². The summed E-state index contributed by atoms with van der Waals surface area (Å²) in [5, 5.41) is 2.15. The Morgan fingerprint density at radius 3 is 2.06 bits per heavy atom. The van der Waals surface area contributed by atoms with Gasteiger partial charge in [-0.05, 0) is 23.8 Å². The van der Waals surface area contributed by atoms with E-state index in [-0.39, 0.29) is 17.4 Å². The molecule has 0 spiro atoms. The molecule has 0 atom stereocenters. The molecular formula is C12H12N2O2. The summed E-state index contributed by atoms with van der Waals surface area (Å²) < 4.78 is 0. The van der Waals surface area contributed by atoms with Crippen LogP contribution in [0.15, 0.2) is 29.8 Å². The van der Waals surface area contributed by atoms with E-state index in [1.54, 1.807) is 6.08 Å². The van der Waals surface area contributed by atoms with Crippen LogP contribution in [0, 0.1) is 0 Å². The minimum Gasteiger partial charge on any atom is -0.378 e. The summed E-state index contributed by atoms with van der Waals surface area (Å²) in [6.07, 6.45) is 1.60. The zero-order chi connectivity index (χ0) is 11.7. The lowest BCUT2D eigenvalue weighted by molar-refractivity contribution is -0.134.